The van der Waals surface area contributed by atoms with Crippen LogP contribution in [0.3, 0.4) is 0 Å². The van der Waals surface area contributed by atoms with Crippen LogP contribution in [0.15, 0.2) is 17.1 Å². The summed E-state index contributed by atoms with van der Waals surface area (Å²) < 4.78 is 3.21. The zero-order valence-corrected chi connectivity index (χ0v) is 13.2. The third-order valence-electron chi connectivity index (χ3n) is 3.08. The molecule has 1 aromatic carbocycles. The number of hydrogen-bond acceptors (Lipinski definition) is 2. The van der Waals surface area contributed by atoms with E-state index in [9.17, 15) is 4.79 Å². The summed E-state index contributed by atoms with van der Waals surface area (Å²) in [7, 11) is 1.96. The van der Waals surface area contributed by atoms with Crippen LogP contribution in [0.2, 0.25) is 0 Å². The number of benzene rings is 1. The van der Waals surface area contributed by atoms with Crippen molar-refractivity contribution in [3.05, 3.63) is 28.1 Å². The van der Waals surface area contributed by atoms with Gasteiger partial charge in [-0.15, -0.1) is 0 Å². The van der Waals surface area contributed by atoms with Gasteiger partial charge in [0.05, 0.1) is 10.2 Å². The minimum Gasteiger partial charge on any atom is -0.319 e. The largest absolute Gasteiger partial charge is 0.319 e. The molecule has 0 saturated heterocycles. The molecular formula is C15H20N2OS. The van der Waals surface area contributed by atoms with Crippen molar-refractivity contribution >= 4 is 27.5 Å². The first-order valence-electron chi connectivity index (χ1n) is 6.36. The van der Waals surface area contributed by atoms with Crippen molar-refractivity contribution in [1.29, 1.82) is 0 Å². The quantitative estimate of drug-likeness (QED) is 0.726. The number of rotatable bonds is 0. The maximum atomic E-state index is 12.0. The predicted molar refractivity (Wildman–Crippen MR) is 80.3 cm³/mol. The highest BCUT2D eigenvalue weighted by Gasteiger charge is 2.21. The van der Waals surface area contributed by atoms with Gasteiger partial charge in [0.2, 0.25) is 0 Å². The average Bonchev–Trinajstić information content (AvgIpc) is 2.56. The third kappa shape index (κ3) is 2.63. The molecule has 0 atom stereocenters. The van der Waals surface area contributed by atoms with Crippen molar-refractivity contribution in [3.8, 4) is 0 Å². The lowest BCUT2D eigenvalue weighted by molar-refractivity contribution is -0.125. The Balaban J connectivity index is 2.71. The molecule has 0 aliphatic heterocycles. The molecule has 1 heterocycles. The highest BCUT2D eigenvalue weighted by molar-refractivity contribution is 7.16. The lowest BCUT2D eigenvalue weighted by Gasteiger charge is -2.11. The average molecular weight is 276 g/mol. The van der Waals surface area contributed by atoms with Crippen molar-refractivity contribution in [2.75, 3.05) is 0 Å². The van der Waals surface area contributed by atoms with Crippen molar-refractivity contribution in [2.24, 2.45) is 17.5 Å². The van der Waals surface area contributed by atoms with E-state index in [-0.39, 0.29) is 5.91 Å². The van der Waals surface area contributed by atoms with Gasteiger partial charge in [0.25, 0.3) is 5.91 Å². The molecule has 0 radical (unpaired) electrons. The first-order chi connectivity index (χ1) is 8.70. The van der Waals surface area contributed by atoms with Crippen LogP contribution in [0.25, 0.3) is 10.2 Å². The molecule has 2 rings (SSSR count). The van der Waals surface area contributed by atoms with Crippen LogP contribution < -0.4 is 4.80 Å². The Hall–Kier alpha value is -1.42. The van der Waals surface area contributed by atoms with E-state index >= 15 is 0 Å². The number of thiazole rings is 1. The molecule has 0 aliphatic carbocycles. The third-order valence-corrected chi connectivity index (χ3v) is 4.36. The van der Waals surface area contributed by atoms with Gasteiger partial charge in [-0.05, 0) is 31.0 Å². The maximum Gasteiger partial charge on any atom is 0.253 e. The Bertz CT molecular complexity index is 714. The highest BCUT2D eigenvalue weighted by Crippen LogP contribution is 2.23. The van der Waals surface area contributed by atoms with Crippen LogP contribution in [-0.4, -0.2) is 10.5 Å². The van der Waals surface area contributed by atoms with E-state index in [1.807, 2.05) is 32.4 Å². The van der Waals surface area contributed by atoms with Crippen LogP contribution in [-0.2, 0) is 11.8 Å². The van der Waals surface area contributed by atoms with E-state index in [4.69, 9.17) is 0 Å². The summed E-state index contributed by atoms with van der Waals surface area (Å²) in [6.45, 7) is 9.85. The summed E-state index contributed by atoms with van der Waals surface area (Å²) in [6, 6.07) is 4.30. The van der Waals surface area contributed by atoms with Gasteiger partial charge in [-0.25, -0.2) is 0 Å². The summed E-state index contributed by atoms with van der Waals surface area (Å²) in [4.78, 5) is 17.1. The minimum absolute atomic E-state index is 0.0796. The summed E-state index contributed by atoms with van der Waals surface area (Å²) >= 11 is 1.58. The zero-order valence-electron chi connectivity index (χ0n) is 12.4. The molecule has 0 N–H and O–H groups in total. The van der Waals surface area contributed by atoms with Crippen molar-refractivity contribution in [3.63, 3.8) is 0 Å². The number of nitrogens with zero attached hydrogens (tertiary/aromatic N) is 2. The molecule has 102 valence electrons. The number of aryl methyl sites for hydroxylation is 3. The van der Waals surface area contributed by atoms with E-state index in [2.05, 4.69) is 31.0 Å². The monoisotopic (exact) mass is 276 g/mol. The highest BCUT2D eigenvalue weighted by atomic mass is 32.1. The molecule has 0 saturated carbocycles. The van der Waals surface area contributed by atoms with Gasteiger partial charge >= 0.3 is 0 Å². The second-order valence-electron chi connectivity index (χ2n) is 6.04. The lowest BCUT2D eigenvalue weighted by atomic mass is 9.96. The summed E-state index contributed by atoms with van der Waals surface area (Å²) in [5, 5.41) is 0. The number of fused-ring (bicyclic) bond motifs is 1. The zero-order chi connectivity index (χ0) is 14.4. The van der Waals surface area contributed by atoms with Crippen LogP contribution in [0.5, 0.6) is 0 Å². The number of carbonyl (C=O) groups is 1. The molecule has 1 amide bonds. The minimum atomic E-state index is -0.436. The second kappa shape index (κ2) is 4.60. The Kier molecular flexibility index (Phi) is 3.39. The molecule has 2 aromatic rings. The molecule has 4 heteroatoms. The molecule has 0 bridgehead atoms. The first-order valence-corrected chi connectivity index (χ1v) is 7.18. The molecule has 1 aromatic heterocycles. The maximum absolute atomic E-state index is 12.0. The molecule has 19 heavy (non-hydrogen) atoms. The van der Waals surface area contributed by atoms with Gasteiger partial charge < -0.3 is 4.57 Å². The normalized spacial score (nSPS) is 13.3. The Morgan fingerprint density at radius 2 is 1.89 bits per heavy atom. The van der Waals surface area contributed by atoms with Gasteiger partial charge in [0.1, 0.15) is 0 Å². The van der Waals surface area contributed by atoms with Crippen molar-refractivity contribution in [1.82, 2.24) is 4.57 Å². The smallest absolute Gasteiger partial charge is 0.253 e. The van der Waals surface area contributed by atoms with Gasteiger partial charge in [-0.2, -0.15) is 4.99 Å². The molecule has 3 nitrogen and oxygen atoms in total. The molecule has 0 spiro atoms. The second-order valence-corrected chi connectivity index (χ2v) is 7.02. The first kappa shape index (κ1) is 14.0. The summed E-state index contributed by atoms with van der Waals surface area (Å²) in [6.07, 6.45) is 0. The molecule has 0 fully saturated rings. The fourth-order valence-corrected chi connectivity index (χ4v) is 3.00. The standard InChI is InChI=1S/C15H20N2OS/c1-9-7-10(2)12-11(8-9)17(6)14(19-12)16-13(18)15(3,4)5/h7-8H,1-6H3. The van der Waals surface area contributed by atoms with E-state index < -0.39 is 5.41 Å². The summed E-state index contributed by atoms with van der Waals surface area (Å²) in [5.74, 6) is -0.0796. The van der Waals surface area contributed by atoms with Crippen LogP contribution >= 0.6 is 11.3 Å². The predicted octanol–water partition coefficient (Wildman–Crippen LogP) is 3.33. The molecular weight excluding hydrogens is 256 g/mol. The van der Waals surface area contributed by atoms with E-state index in [1.165, 1.54) is 15.8 Å². The molecule has 0 unspecified atom stereocenters. The van der Waals surface area contributed by atoms with E-state index in [1.54, 1.807) is 11.3 Å². The van der Waals surface area contributed by atoms with Gasteiger partial charge in [0.15, 0.2) is 4.80 Å². The SMILES string of the molecule is Cc1cc(C)c2sc(=NC(=O)C(C)(C)C)n(C)c2c1. The van der Waals surface area contributed by atoms with Gasteiger partial charge in [-0.1, -0.05) is 38.2 Å². The lowest BCUT2D eigenvalue weighted by Crippen LogP contribution is -2.22. The number of aromatic nitrogens is 1. The molecule has 0 aliphatic rings. The topological polar surface area (TPSA) is 34.4 Å². The van der Waals surface area contributed by atoms with Crippen LogP contribution in [0, 0.1) is 19.3 Å². The van der Waals surface area contributed by atoms with Crippen molar-refractivity contribution in [2.45, 2.75) is 34.6 Å². The van der Waals surface area contributed by atoms with Gasteiger partial charge in [-0.3, -0.25) is 4.79 Å². The number of carbonyl (C=O) groups excluding carboxylic acids is 1. The Morgan fingerprint density at radius 1 is 1.26 bits per heavy atom. The van der Waals surface area contributed by atoms with Crippen molar-refractivity contribution < 1.29 is 4.79 Å². The van der Waals surface area contributed by atoms with Crippen LogP contribution in [0.4, 0.5) is 0 Å². The van der Waals surface area contributed by atoms with E-state index in [0.717, 1.165) is 10.3 Å². The number of hydrogen-bond donors (Lipinski definition) is 0. The Morgan fingerprint density at radius 3 is 2.47 bits per heavy atom. The summed E-state index contributed by atoms with van der Waals surface area (Å²) in [5.41, 5.74) is 3.17. The fourth-order valence-electron chi connectivity index (χ4n) is 1.93. The fraction of sp³-hybridized carbons (Fsp3) is 0.467. The number of amides is 1. The Labute approximate surface area is 117 Å². The van der Waals surface area contributed by atoms with E-state index in [0.29, 0.717) is 0 Å². The van der Waals surface area contributed by atoms with Crippen LogP contribution in [0.1, 0.15) is 31.9 Å². The van der Waals surface area contributed by atoms with Gasteiger partial charge in [0, 0.05) is 12.5 Å².